The Bertz CT molecular complexity index is 894. The van der Waals surface area contributed by atoms with Crippen LogP contribution in [0.4, 0.5) is 5.69 Å². The molecule has 148 valence electrons. The first-order valence-corrected chi connectivity index (χ1v) is 9.35. The number of fused-ring (bicyclic) bond motifs is 1. The number of ketones is 1. The number of benzene rings is 2. The third-order valence-electron chi connectivity index (χ3n) is 5.10. The maximum absolute atomic E-state index is 13.1. The smallest absolute Gasteiger partial charge is 0.264 e. The van der Waals surface area contributed by atoms with Crippen molar-refractivity contribution in [2.24, 2.45) is 0 Å². The van der Waals surface area contributed by atoms with Crippen LogP contribution in [0.1, 0.15) is 42.1 Å². The number of nitrogens with zero attached hydrogens (tertiary/aromatic N) is 1. The molecule has 0 spiro atoms. The van der Waals surface area contributed by atoms with Gasteiger partial charge in [0.1, 0.15) is 11.5 Å². The monoisotopic (exact) mass is 383 g/mol. The molecule has 0 saturated carbocycles. The van der Waals surface area contributed by atoms with E-state index in [9.17, 15) is 14.7 Å². The summed E-state index contributed by atoms with van der Waals surface area (Å²) < 4.78 is 10.5. The summed E-state index contributed by atoms with van der Waals surface area (Å²) >= 11 is 0. The summed E-state index contributed by atoms with van der Waals surface area (Å²) in [4.78, 5) is 27.7. The fourth-order valence-electron chi connectivity index (χ4n) is 3.58. The number of para-hydroxylation sites is 1. The number of amides is 1. The van der Waals surface area contributed by atoms with Gasteiger partial charge in [-0.3, -0.25) is 9.59 Å². The van der Waals surface area contributed by atoms with Crippen LogP contribution in [-0.2, 0) is 10.4 Å². The van der Waals surface area contributed by atoms with Crippen molar-refractivity contribution in [3.05, 3.63) is 53.6 Å². The molecule has 1 heterocycles. The first-order chi connectivity index (χ1) is 13.5. The minimum Gasteiger partial charge on any atom is -0.497 e. The van der Waals surface area contributed by atoms with Crippen molar-refractivity contribution in [3.63, 3.8) is 0 Å². The van der Waals surface area contributed by atoms with E-state index in [2.05, 4.69) is 0 Å². The van der Waals surface area contributed by atoms with E-state index >= 15 is 0 Å². The third-order valence-corrected chi connectivity index (χ3v) is 5.10. The van der Waals surface area contributed by atoms with Gasteiger partial charge in [-0.05, 0) is 30.7 Å². The number of hydrogen-bond acceptors (Lipinski definition) is 5. The molecule has 28 heavy (non-hydrogen) atoms. The van der Waals surface area contributed by atoms with Crippen molar-refractivity contribution in [3.8, 4) is 11.5 Å². The molecule has 2 aromatic carbocycles. The molecule has 0 radical (unpaired) electrons. The molecule has 1 amide bonds. The van der Waals surface area contributed by atoms with E-state index in [1.54, 1.807) is 41.3 Å². The van der Waals surface area contributed by atoms with Gasteiger partial charge < -0.3 is 19.5 Å². The fourth-order valence-corrected chi connectivity index (χ4v) is 3.58. The molecule has 1 atom stereocenters. The zero-order chi connectivity index (χ0) is 20.3. The van der Waals surface area contributed by atoms with Crippen molar-refractivity contribution in [2.75, 3.05) is 25.7 Å². The molecule has 1 N–H and O–H groups in total. The van der Waals surface area contributed by atoms with Gasteiger partial charge >= 0.3 is 0 Å². The Kier molecular flexibility index (Phi) is 5.70. The number of ether oxygens (including phenoxy) is 2. The highest BCUT2D eigenvalue weighted by Crippen LogP contribution is 2.43. The van der Waals surface area contributed by atoms with E-state index in [0.29, 0.717) is 29.3 Å². The lowest BCUT2D eigenvalue weighted by molar-refractivity contribution is -0.135. The van der Waals surface area contributed by atoms with Crippen molar-refractivity contribution in [1.29, 1.82) is 0 Å². The van der Waals surface area contributed by atoms with Crippen molar-refractivity contribution >= 4 is 17.4 Å². The summed E-state index contributed by atoms with van der Waals surface area (Å²) in [5, 5.41) is 11.3. The van der Waals surface area contributed by atoms with Gasteiger partial charge in [0.15, 0.2) is 11.4 Å². The number of Topliss-reactive ketones (excluding diaryl/α,β-unsaturated/α-hetero) is 1. The largest absolute Gasteiger partial charge is 0.497 e. The minimum atomic E-state index is -1.89. The molecule has 0 aliphatic carbocycles. The Hall–Kier alpha value is -2.86. The second-order valence-electron chi connectivity index (χ2n) is 6.85. The lowest BCUT2D eigenvalue weighted by atomic mass is 9.88. The first-order valence-electron chi connectivity index (χ1n) is 9.35. The summed E-state index contributed by atoms with van der Waals surface area (Å²) in [6.07, 6.45) is 1.37. The van der Waals surface area contributed by atoms with E-state index in [1.807, 2.05) is 13.0 Å². The summed E-state index contributed by atoms with van der Waals surface area (Å²) in [5.41, 5.74) is -0.497. The summed E-state index contributed by atoms with van der Waals surface area (Å²) in [5.74, 6) is 0.0194. The average molecular weight is 383 g/mol. The van der Waals surface area contributed by atoms with Crippen LogP contribution in [0.2, 0.25) is 0 Å². The Labute approximate surface area is 164 Å². The van der Waals surface area contributed by atoms with Crippen LogP contribution in [0.3, 0.4) is 0 Å². The second kappa shape index (κ2) is 8.02. The van der Waals surface area contributed by atoms with Gasteiger partial charge in [-0.25, -0.2) is 0 Å². The second-order valence-corrected chi connectivity index (χ2v) is 6.85. The van der Waals surface area contributed by atoms with E-state index in [1.165, 1.54) is 14.2 Å². The Morgan fingerprint density at radius 1 is 1.14 bits per heavy atom. The number of aliphatic hydroxyl groups is 1. The highest BCUT2D eigenvalue weighted by atomic mass is 16.5. The van der Waals surface area contributed by atoms with E-state index in [4.69, 9.17) is 9.47 Å². The predicted molar refractivity (Wildman–Crippen MR) is 106 cm³/mol. The molecule has 6 heteroatoms. The predicted octanol–water partition coefficient (Wildman–Crippen LogP) is 3.31. The molecular formula is C22H25NO5. The standard InChI is InChI=1S/C22H25NO5/c1-4-5-12-23-18-9-7-6-8-17(18)22(26,21(23)25)14-19(24)16-13-15(27-2)10-11-20(16)28-3/h6-11,13,26H,4-5,12,14H2,1-3H3. The quantitative estimate of drug-likeness (QED) is 0.708. The van der Waals surface area contributed by atoms with Crippen molar-refractivity contribution in [2.45, 2.75) is 31.8 Å². The highest BCUT2D eigenvalue weighted by molar-refractivity contribution is 6.11. The molecule has 2 aromatic rings. The van der Waals surface area contributed by atoms with Crippen LogP contribution < -0.4 is 14.4 Å². The SMILES string of the molecule is CCCCN1C(=O)C(O)(CC(=O)c2cc(OC)ccc2OC)c2ccccc21. The number of rotatable bonds is 8. The number of hydrogen-bond donors (Lipinski definition) is 1. The van der Waals surface area contributed by atoms with E-state index in [-0.39, 0.29) is 12.0 Å². The van der Waals surface area contributed by atoms with Crippen LogP contribution in [0, 0.1) is 0 Å². The summed E-state index contributed by atoms with van der Waals surface area (Å²) in [6, 6.07) is 12.0. The molecule has 6 nitrogen and oxygen atoms in total. The van der Waals surface area contributed by atoms with Crippen molar-refractivity contribution in [1.82, 2.24) is 0 Å². The maximum atomic E-state index is 13.1. The molecule has 0 saturated heterocycles. The fraction of sp³-hybridized carbons (Fsp3) is 0.364. The lowest BCUT2D eigenvalue weighted by Crippen LogP contribution is -2.42. The zero-order valence-electron chi connectivity index (χ0n) is 16.4. The van der Waals surface area contributed by atoms with Gasteiger partial charge in [0.05, 0.1) is 31.9 Å². The van der Waals surface area contributed by atoms with Crippen LogP contribution in [-0.4, -0.2) is 37.6 Å². The molecule has 1 aliphatic heterocycles. The Balaban J connectivity index is 1.97. The normalized spacial score (nSPS) is 18.1. The van der Waals surface area contributed by atoms with Crippen molar-refractivity contribution < 1.29 is 24.2 Å². The Morgan fingerprint density at radius 2 is 1.89 bits per heavy atom. The van der Waals surface area contributed by atoms with Gasteiger partial charge in [-0.1, -0.05) is 31.5 Å². The lowest BCUT2D eigenvalue weighted by Gasteiger charge is -2.23. The van der Waals surface area contributed by atoms with Gasteiger partial charge in [0.2, 0.25) is 0 Å². The van der Waals surface area contributed by atoms with Gasteiger partial charge in [0, 0.05) is 12.1 Å². The molecule has 1 unspecified atom stereocenters. The zero-order valence-corrected chi connectivity index (χ0v) is 16.4. The first kappa shape index (κ1) is 19.9. The van der Waals surface area contributed by atoms with Gasteiger partial charge in [0.25, 0.3) is 5.91 Å². The summed E-state index contributed by atoms with van der Waals surface area (Å²) in [6.45, 7) is 2.54. The van der Waals surface area contributed by atoms with Gasteiger partial charge in [-0.15, -0.1) is 0 Å². The van der Waals surface area contributed by atoms with Crippen LogP contribution in [0.15, 0.2) is 42.5 Å². The van der Waals surface area contributed by atoms with Crippen LogP contribution >= 0.6 is 0 Å². The average Bonchev–Trinajstić information content (AvgIpc) is 2.93. The summed E-state index contributed by atoms with van der Waals surface area (Å²) in [7, 11) is 2.97. The van der Waals surface area contributed by atoms with E-state index in [0.717, 1.165) is 12.8 Å². The molecular weight excluding hydrogens is 358 g/mol. The highest BCUT2D eigenvalue weighted by Gasteiger charge is 2.50. The van der Waals surface area contributed by atoms with Crippen LogP contribution in [0.25, 0.3) is 0 Å². The number of carbonyl (C=O) groups is 2. The van der Waals surface area contributed by atoms with E-state index < -0.39 is 17.3 Å². The molecule has 0 bridgehead atoms. The molecule has 1 aliphatic rings. The topological polar surface area (TPSA) is 76.1 Å². The number of unbranched alkanes of at least 4 members (excludes halogenated alkanes) is 1. The molecule has 0 aromatic heterocycles. The molecule has 0 fully saturated rings. The van der Waals surface area contributed by atoms with Gasteiger partial charge in [-0.2, -0.15) is 0 Å². The number of carbonyl (C=O) groups excluding carboxylic acids is 2. The Morgan fingerprint density at radius 3 is 2.57 bits per heavy atom. The maximum Gasteiger partial charge on any atom is 0.264 e. The van der Waals surface area contributed by atoms with Crippen LogP contribution in [0.5, 0.6) is 11.5 Å². The minimum absolute atomic E-state index is 0.271. The number of methoxy groups -OCH3 is 2. The third kappa shape index (κ3) is 3.36. The number of anilines is 1. The molecule has 3 rings (SSSR count).